The smallest absolute Gasteiger partial charge is 0.190 e. The van der Waals surface area contributed by atoms with E-state index in [4.69, 9.17) is 18.9 Å². The summed E-state index contributed by atoms with van der Waals surface area (Å²) in [4.78, 5) is 9.87. The minimum atomic E-state index is 0.593. The fourth-order valence-electron chi connectivity index (χ4n) is 3.57. The van der Waals surface area contributed by atoms with E-state index in [2.05, 4.69) is 21.0 Å². The van der Waals surface area contributed by atoms with E-state index < -0.39 is 0 Å². The van der Waals surface area contributed by atoms with E-state index in [1.807, 2.05) is 54.6 Å². The molecule has 0 saturated carbocycles. The van der Waals surface area contributed by atoms with Crippen LogP contribution in [-0.4, -0.2) is 23.8 Å². The number of benzene rings is 2. The lowest BCUT2D eigenvalue weighted by Crippen LogP contribution is -2.16. The SMILES string of the molecule is COc1ccc(Cn2c(-c3cc4ccccc4o3)csc2=Nc2cccnc2)cc1OC. The third-order valence-corrected chi connectivity index (χ3v) is 6.00. The maximum absolute atomic E-state index is 6.16. The van der Waals surface area contributed by atoms with Gasteiger partial charge in [0.05, 0.1) is 38.3 Å². The van der Waals surface area contributed by atoms with Gasteiger partial charge in [-0.25, -0.2) is 4.99 Å². The summed E-state index contributed by atoms with van der Waals surface area (Å²) in [6.07, 6.45) is 3.49. The molecule has 0 saturated heterocycles. The topological polar surface area (TPSA) is 61.8 Å². The molecule has 0 radical (unpaired) electrons. The van der Waals surface area contributed by atoms with Gasteiger partial charge in [-0.3, -0.25) is 4.98 Å². The van der Waals surface area contributed by atoms with Crippen molar-refractivity contribution in [2.45, 2.75) is 6.54 Å². The summed E-state index contributed by atoms with van der Waals surface area (Å²) in [6.45, 7) is 0.593. The number of pyridine rings is 1. The van der Waals surface area contributed by atoms with Crippen molar-refractivity contribution in [1.29, 1.82) is 0 Å². The lowest BCUT2D eigenvalue weighted by molar-refractivity contribution is 0.354. The van der Waals surface area contributed by atoms with Crippen molar-refractivity contribution in [2.75, 3.05) is 14.2 Å². The zero-order valence-corrected chi connectivity index (χ0v) is 18.5. The molecule has 0 bridgehead atoms. The van der Waals surface area contributed by atoms with E-state index in [0.29, 0.717) is 18.0 Å². The largest absolute Gasteiger partial charge is 0.493 e. The molecule has 32 heavy (non-hydrogen) atoms. The maximum atomic E-state index is 6.16. The van der Waals surface area contributed by atoms with E-state index in [1.54, 1.807) is 38.0 Å². The van der Waals surface area contributed by atoms with Crippen molar-refractivity contribution < 1.29 is 13.9 Å². The summed E-state index contributed by atoms with van der Waals surface area (Å²) in [5, 5.41) is 3.14. The lowest BCUT2D eigenvalue weighted by atomic mass is 10.2. The first-order valence-electron chi connectivity index (χ1n) is 10.1. The number of thiazole rings is 1. The highest BCUT2D eigenvalue weighted by Crippen LogP contribution is 2.31. The Morgan fingerprint density at radius 2 is 1.88 bits per heavy atom. The molecule has 6 nitrogen and oxygen atoms in total. The molecule has 0 aliphatic carbocycles. The van der Waals surface area contributed by atoms with Gasteiger partial charge in [-0.1, -0.05) is 24.3 Å². The number of furan rings is 1. The quantitative estimate of drug-likeness (QED) is 0.340. The van der Waals surface area contributed by atoms with Crippen molar-refractivity contribution in [3.63, 3.8) is 0 Å². The highest BCUT2D eigenvalue weighted by molar-refractivity contribution is 7.07. The number of nitrogens with zero attached hydrogens (tertiary/aromatic N) is 3. The van der Waals surface area contributed by atoms with Crippen LogP contribution in [0, 0.1) is 0 Å². The van der Waals surface area contributed by atoms with Crippen LogP contribution >= 0.6 is 11.3 Å². The van der Waals surface area contributed by atoms with Gasteiger partial charge in [0.25, 0.3) is 0 Å². The third kappa shape index (κ3) is 3.90. The Hall–Kier alpha value is -3.84. The maximum Gasteiger partial charge on any atom is 0.190 e. The minimum absolute atomic E-state index is 0.593. The van der Waals surface area contributed by atoms with Crippen LogP contribution in [0.1, 0.15) is 5.56 Å². The predicted octanol–water partition coefficient (Wildman–Crippen LogP) is 5.66. The molecule has 5 aromatic rings. The van der Waals surface area contributed by atoms with Gasteiger partial charge in [0.15, 0.2) is 22.1 Å². The molecular formula is C25H21N3O3S. The molecule has 3 heterocycles. The summed E-state index contributed by atoms with van der Waals surface area (Å²) in [5.74, 6) is 2.19. The van der Waals surface area contributed by atoms with Crippen LogP contribution in [-0.2, 0) is 6.54 Å². The van der Waals surface area contributed by atoms with E-state index in [9.17, 15) is 0 Å². The Morgan fingerprint density at radius 3 is 2.66 bits per heavy atom. The fourth-order valence-corrected chi connectivity index (χ4v) is 4.48. The zero-order chi connectivity index (χ0) is 21.9. The van der Waals surface area contributed by atoms with E-state index in [-0.39, 0.29) is 0 Å². The lowest BCUT2D eigenvalue weighted by Gasteiger charge is -2.11. The van der Waals surface area contributed by atoms with E-state index in [0.717, 1.165) is 38.5 Å². The van der Waals surface area contributed by atoms with Crippen LogP contribution < -0.4 is 14.3 Å². The molecule has 0 N–H and O–H groups in total. The molecule has 160 valence electrons. The number of fused-ring (bicyclic) bond motifs is 1. The standard InChI is InChI=1S/C25H21N3O3S/c1-29-22-10-9-17(12-24(22)30-2)15-28-20(23-13-18-6-3-4-8-21(18)31-23)16-32-25(28)27-19-7-5-11-26-14-19/h3-14,16H,15H2,1-2H3. The second-order valence-corrected chi connectivity index (χ2v) is 7.99. The van der Waals surface area contributed by atoms with Crippen LogP contribution in [0.5, 0.6) is 11.5 Å². The normalized spacial score (nSPS) is 11.8. The Bertz CT molecular complexity index is 1400. The molecular weight excluding hydrogens is 422 g/mol. The van der Waals surface area contributed by atoms with Gasteiger partial charge in [0.2, 0.25) is 0 Å². The highest BCUT2D eigenvalue weighted by Gasteiger charge is 2.15. The molecule has 0 spiro atoms. The molecule has 7 heteroatoms. The summed E-state index contributed by atoms with van der Waals surface area (Å²) < 4.78 is 19.2. The Kier molecular flexibility index (Phi) is 5.47. The first-order chi connectivity index (χ1) is 15.7. The summed E-state index contributed by atoms with van der Waals surface area (Å²) in [6, 6.07) is 19.8. The molecule has 0 amide bonds. The van der Waals surface area contributed by atoms with Crippen LogP contribution in [0.25, 0.3) is 22.4 Å². The van der Waals surface area contributed by atoms with Gasteiger partial charge in [0, 0.05) is 17.0 Å². The molecule has 0 aliphatic heterocycles. The molecule has 2 aromatic carbocycles. The Labute approximate surface area is 189 Å². The first-order valence-corrected chi connectivity index (χ1v) is 11.0. The van der Waals surface area contributed by atoms with Gasteiger partial charge in [0.1, 0.15) is 5.58 Å². The van der Waals surface area contributed by atoms with Crippen LogP contribution in [0.2, 0.25) is 0 Å². The highest BCUT2D eigenvalue weighted by atomic mass is 32.1. The monoisotopic (exact) mass is 443 g/mol. The van der Waals surface area contributed by atoms with Gasteiger partial charge in [-0.2, -0.15) is 0 Å². The Morgan fingerprint density at radius 1 is 1.00 bits per heavy atom. The van der Waals surface area contributed by atoms with Gasteiger partial charge < -0.3 is 18.5 Å². The minimum Gasteiger partial charge on any atom is -0.493 e. The summed E-state index contributed by atoms with van der Waals surface area (Å²) in [5.41, 5.74) is 3.68. The van der Waals surface area contributed by atoms with Crippen molar-refractivity contribution in [1.82, 2.24) is 9.55 Å². The average molecular weight is 444 g/mol. The van der Waals surface area contributed by atoms with E-state index >= 15 is 0 Å². The summed E-state index contributed by atoms with van der Waals surface area (Å²) >= 11 is 1.57. The third-order valence-electron chi connectivity index (χ3n) is 5.13. The predicted molar refractivity (Wildman–Crippen MR) is 126 cm³/mol. The fraction of sp³-hybridized carbons (Fsp3) is 0.120. The summed E-state index contributed by atoms with van der Waals surface area (Å²) in [7, 11) is 3.28. The second-order valence-electron chi connectivity index (χ2n) is 7.15. The first kappa shape index (κ1) is 20.1. The number of hydrogen-bond acceptors (Lipinski definition) is 6. The zero-order valence-electron chi connectivity index (χ0n) is 17.7. The number of aromatic nitrogens is 2. The molecule has 3 aromatic heterocycles. The van der Waals surface area contributed by atoms with Crippen LogP contribution in [0.15, 0.2) is 87.8 Å². The van der Waals surface area contributed by atoms with Crippen LogP contribution in [0.3, 0.4) is 0 Å². The van der Waals surface area contributed by atoms with Crippen molar-refractivity contribution in [2.24, 2.45) is 4.99 Å². The number of ether oxygens (including phenoxy) is 2. The van der Waals surface area contributed by atoms with Gasteiger partial charge in [-0.05, 0) is 42.0 Å². The second kappa shape index (κ2) is 8.72. The number of hydrogen-bond donors (Lipinski definition) is 0. The molecule has 0 aliphatic rings. The van der Waals surface area contributed by atoms with Crippen molar-refractivity contribution in [3.05, 3.63) is 88.8 Å². The van der Waals surface area contributed by atoms with Gasteiger partial charge in [-0.15, -0.1) is 11.3 Å². The average Bonchev–Trinajstić information content (AvgIpc) is 3.43. The van der Waals surface area contributed by atoms with E-state index in [1.165, 1.54) is 0 Å². The number of para-hydroxylation sites is 1. The van der Waals surface area contributed by atoms with Gasteiger partial charge >= 0.3 is 0 Å². The Balaban J connectivity index is 1.64. The number of rotatable bonds is 6. The van der Waals surface area contributed by atoms with Crippen molar-refractivity contribution in [3.8, 4) is 23.0 Å². The molecule has 0 fully saturated rings. The molecule has 5 rings (SSSR count). The van der Waals surface area contributed by atoms with Crippen molar-refractivity contribution >= 4 is 28.0 Å². The number of methoxy groups -OCH3 is 2. The van der Waals surface area contributed by atoms with Crippen LogP contribution in [0.4, 0.5) is 5.69 Å². The molecule has 0 unspecified atom stereocenters. The molecule has 0 atom stereocenters.